The molecule has 0 bridgehead atoms. The molecule has 1 amide bonds. The maximum atomic E-state index is 12.1. The monoisotopic (exact) mass is 363 g/mol. The van der Waals surface area contributed by atoms with Crippen LogP contribution >= 0.6 is 0 Å². The largest absolute Gasteiger partial charge is 0.370 e. The van der Waals surface area contributed by atoms with Crippen LogP contribution in [0.5, 0.6) is 0 Å². The fourth-order valence-corrected chi connectivity index (χ4v) is 7.05. The molecule has 5 atom stereocenters. The summed E-state index contributed by atoms with van der Waals surface area (Å²) in [5.41, 5.74) is 10.8. The molecule has 5 nitrogen and oxygen atoms in total. The summed E-state index contributed by atoms with van der Waals surface area (Å²) in [5.74, 6) is 0.863. The fourth-order valence-electron chi connectivity index (χ4n) is 7.05. The average molecular weight is 364 g/mol. The molecule has 0 radical (unpaired) electrons. The average Bonchev–Trinajstić information content (AvgIpc) is 2.43. The first-order chi connectivity index (χ1) is 11.9. The summed E-state index contributed by atoms with van der Waals surface area (Å²) in [6.45, 7) is 11.8. The first-order valence-electron chi connectivity index (χ1n) is 10.2. The van der Waals surface area contributed by atoms with Crippen LogP contribution in [0.4, 0.5) is 0 Å². The van der Waals surface area contributed by atoms with Gasteiger partial charge >= 0.3 is 0 Å². The van der Waals surface area contributed by atoms with Crippen LogP contribution in [-0.4, -0.2) is 23.1 Å². The van der Waals surface area contributed by atoms with E-state index >= 15 is 0 Å². The van der Waals surface area contributed by atoms with Crippen LogP contribution in [-0.2, 0) is 9.53 Å². The van der Waals surface area contributed by atoms with Crippen molar-refractivity contribution in [2.24, 2.45) is 39.1 Å². The van der Waals surface area contributed by atoms with Crippen molar-refractivity contribution in [2.75, 3.05) is 0 Å². The zero-order chi connectivity index (χ0) is 19.4. The Balaban J connectivity index is 1.82. The van der Waals surface area contributed by atoms with E-state index in [1.165, 1.54) is 25.7 Å². The SMILES string of the molecule is CC1(C)CCC[C@]2(C)[C@H]3CC[C@@](C)(CC(=O)N=C(N)N)O[C@]3(C)CC[C@@H]12. The van der Waals surface area contributed by atoms with Crippen molar-refractivity contribution in [2.45, 2.75) is 97.2 Å². The van der Waals surface area contributed by atoms with Crippen molar-refractivity contribution in [3.05, 3.63) is 0 Å². The summed E-state index contributed by atoms with van der Waals surface area (Å²) in [5, 5.41) is 0. The molecule has 0 aromatic carbocycles. The van der Waals surface area contributed by atoms with E-state index < -0.39 is 5.60 Å². The molecule has 0 unspecified atom stereocenters. The molecule has 5 heteroatoms. The predicted molar refractivity (Wildman–Crippen MR) is 105 cm³/mol. The Hall–Kier alpha value is -1.10. The van der Waals surface area contributed by atoms with Gasteiger partial charge in [0.05, 0.1) is 17.6 Å². The lowest BCUT2D eigenvalue weighted by atomic mass is 9.44. The van der Waals surface area contributed by atoms with Gasteiger partial charge in [0, 0.05) is 0 Å². The van der Waals surface area contributed by atoms with E-state index in [0.29, 0.717) is 16.7 Å². The lowest BCUT2D eigenvalue weighted by Gasteiger charge is -2.65. The second-order valence-electron chi connectivity index (χ2n) is 10.5. The van der Waals surface area contributed by atoms with Gasteiger partial charge in [-0.3, -0.25) is 4.79 Å². The maximum Gasteiger partial charge on any atom is 0.251 e. The van der Waals surface area contributed by atoms with Crippen LogP contribution in [0, 0.1) is 22.7 Å². The minimum Gasteiger partial charge on any atom is -0.370 e. The number of fused-ring (bicyclic) bond motifs is 3. The van der Waals surface area contributed by atoms with E-state index in [0.717, 1.165) is 25.2 Å². The number of hydrogen-bond acceptors (Lipinski definition) is 2. The van der Waals surface area contributed by atoms with Gasteiger partial charge in [-0.1, -0.05) is 27.2 Å². The van der Waals surface area contributed by atoms with Gasteiger partial charge in [0.2, 0.25) is 0 Å². The van der Waals surface area contributed by atoms with E-state index in [9.17, 15) is 4.79 Å². The summed E-state index contributed by atoms with van der Waals surface area (Å²) in [7, 11) is 0. The minimum absolute atomic E-state index is 0.163. The number of guanidine groups is 1. The van der Waals surface area contributed by atoms with E-state index in [4.69, 9.17) is 16.2 Å². The van der Waals surface area contributed by atoms with Gasteiger partial charge in [0.1, 0.15) is 0 Å². The molecule has 0 aromatic heterocycles. The van der Waals surface area contributed by atoms with Gasteiger partial charge in [0.15, 0.2) is 5.96 Å². The van der Waals surface area contributed by atoms with Gasteiger partial charge in [-0.15, -0.1) is 0 Å². The Morgan fingerprint density at radius 2 is 1.65 bits per heavy atom. The number of rotatable bonds is 2. The van der Waals surface area contributed by atoms with Gasteiger partial charge in [-0.25, -0.2) is 0 Å². The Labute approximate surface area is 158 Å². The molecular weight excluding hydrogens is 326 g/mol. The molecule has 3 rings (SSSR count). The van der Waals surface area contributed by atoms with Crippen molar-refractivity contribution in [1.29, 1.82) is 0 Å². The third-order valence-electron chi connectivity index (χ3n) is 7.96. The summed E-state index contributed by atoms with van der Waals surface area (Å²) >= 11 is 0. The van der Waals surface area contributed by atoms with Gasteiger partial charge < -0.3 is 16.2 Å². The number of aliphatic imine (C=N–C) groups is 1. The zero-order valence-corrected chi connectivity index (χ0v) is 17.2. The minimum atomic E-state index is -0.478. The molecule has 1 saturated heterocycles. The number of carbonyl (C=O) groups is 1. The van der Waals surface area contributed by atoms with Crippen molar-refractivity contribution < 1.29 is 9.53 Å². The Morgan fingerprint density at radius 1 is 1.00 bits per heavy atom. The lowest BCUT2D eigenvalue weighted by molar-refractivity contribution is -0.265. The Kier molecular flexibility index (Phi) is 4.70. The third kappa shape index (κ3) is 3.28. The Morgan fingerprint density at radius 3 is 2.31 bits per heavy atom. The smallest absolute Gasteiger partial charge is 0.251 e. The van der Waals surface area contributed by atoms with Crippen LogP contribution in [0.3, 0.4) is 0 Å². The van der Waals surface area contributed by atoms with E-state index in [-0.39, 0.29) is 23.9 Å². The van der Waals surface area contributed by atoms with Crippen molar-refractivity contribution in [3.63, 3.8) is 0 Å². The quantitative estimate of drug-likeness (QED) is 0.577. The molecule has 4 N–H and O–H groups in total. The number of ether oxygens (including phenoxy) is 1. The van der Waals surface area contributed by atoms with Crippen molar-refractivity contribution in [3.8, 4) is 0 Å². The van der Waals surface area contributed by atoms with Crippen LogP contribution in [0.15, 0.2) is 4.99 Å². The molecule has 3 fully saturated rings. The molecule has 1 aliphatic heterocycles. The highest BCUT2D eigenvalue weighted by Crippen LogP contribution is 2.65. The molecule has 2 aliphatic carbocycles. The normalized spacial score (nSPS) is 44.5. The van der Waals surface area contributed by atoms with E-state index in [1.54, 1.807) is 0 Å². The highest BCUT2D eigenvalue weighted by molar-refractivity contribution is 5.91. The van der Waals surface area contributed by atoms with E-state index in [2.05, 4.69) is 32.7 Å². The third-order valence-corrected chi connectivity index (χ3v) is 7.96. The maximum absolute atomic E-state index is 12.1. The zero-order valence-electron chi connectivity index (χ0n) is 17.2. The molecule has 0 spiro atoms. The second-order valence-corrected chi connectivity index (χ2v) is 10.5. The second kappa shape index (κ2) is 6.22. The predicted octanol–water partition coefficient (Wildman–Crippen LogP) is 3.75. The molecular formula is C21H37N3O2. The number of hydrogen-bond donors (Lipinski definition) is 2. The molecule has 1 heterocycles. The van der Waals surface area contributed by atoms with Crippen molar-refractivity contribution in [1.82, 2.24) is 0 Å². The van der Waals surface area contributed by atoms with Gasteiger partial charge in [-0.2, -0.15) is 4.99 Å². The first kappa shape index (κ1) is 19.7. The highest BCUT2D eigenvalue weighted by atomic mass is 16.5. The summed E-state index contributed by atoms with van der Waals surface area (Å²) in [6, 6.07) is 0. The van der Waals surface area contributed by atoms with Crippen molar-refractivity contribution >= 4 is 11.9 Å². The van der Waals surface area contributed by atoms with E-state index in [1.807, 2.05) is 6.92 Å². The lowest BCUT2D eigenvalue weighted by Crippen LogP contribution is -2.63. The number of nitrogens with zero attached hydrogens (tertiary/aromatic N) is 1. The van der Waals surface area contributed by atoms with Crippen LogP contribution in [0.1, 0.15) is 86.0 Å². The van der Waals surface area contributed by atoms with Gasteiger partial charge in [0.25, 0.3) is 5.91 Å². The summed E-state index contributed by atoms with van der Waals surface area (Å²) in [4.78, 5) is 15.8. The molecule has 0 aromatic rings. The number of amides is 1. The molecule has 148 valence electrons. The van der Waals surface area contributed by atoms with Crippen LogP contribution in [0.25, 0.3) is 0 Å². The first-order valence-corrected chi connectivity index (χ1v) is 10.2. The standard InChI is InChI=1S/C21H37N3O2/c1-18(2)9-6-10-20(4)14(18)8-12-21(5)15(20)7-11-19(3,26-21)13-16(25)24-17(22)23/h14-15H,6-13H2,1-5H3,(H4,22,23,24,25)/t14-,15+,19-,20-,21+/m0/s1. The fraction of sp³-hybridized carbons (Fsp3) is 0.905. The van der Waals surface area contributed by atoms with Crippen LogP contribution < -0.4 is 11.5 Å². The topological polar surface area (TPSA) is 90.7 Å². The number of carbonyl (C=O) groups excluding carboxylic acids is 1. The van der Waals surface area contributed by atoms with Gasteiger partial charge in [-0.05, 0) is 75.0 Å². The number of nitrogens with two attached hydrogens (primary N) is 2. The molecule has 2 saturated carbocycles. The summed E-state index contributed by atoms with van der Waals surface area (Å²) < 4.78 is 6.73. The molecule has 3 aliphatic rings. The highest BCUT2D eigenvalue weighted by Gasteiger charge is 2.61. The molecule has 26 heavy (non-hydrogen) atoms. The Bertz CT molecular complexity index is 612. The summed E-state index contributed by atoms with van der Waals surface area (Å²) in [6.07, 6.45) is 8.50. The van der Waals surface area contributed by atoms with Crippen LogP contribution in [0.2, 0.25) is 0 Å².